The number of hydrogen-bond donors (Lipinski definition) is 1. The topological polar surface area (TPSA) is 71.8 Å². The Morgan fingerprint density at radius 2 is 1.80 bits per heavy atom. The molecule has 1 saturated heterocycles. The summed E-state index contributed by atoms with van der Waals surface area (Å²) in [6, 6.07) is 11.4. The first kappa shape index (κ1) is 22.1. The van der Waals surface area contributed by atoms with Crippen LogP contribution < -0.4 is 5.56 Å². The van der Waals surface area contributed by atoms with Crippen LogP contribution in [0.1, 0.15) is 51.6 Å². The predicted molar refractivity (Wildman–Crippen MR) is 117 cm³/mol. The zero-order valence-electron chi connectivity index (χ0n) is 18.3. The first-order valence-electron chi connectivity index (χ1n) is 10.6. The quantitative estimate of drug-likeness (QED) is 0.742. The molecule has 1 fully saturated rings. The third-order valence-electron chi connectivity index (χ3n) is 6.41. The number of aromatic nitrogens is 1. The van der Waals surface area contributed by atoms with E-state index in [9.17, 15) is 14.7 Å². The summed E-state index contributed by atoms with van der Waals surface area (Å²) >= 11 is 0. The van der Waals surface area contributed by atoms with Crippen molar-refractivity contribution in [1.29, 1.82) is 0 Å². The molecule has 1 amide bonds. The van der Waals surface area contributed by atoms with Gasteiger partial charge in [0.25, 0.3) is 5.56 Å². The number of amides is 1. The van der Waals surface area contributed by atoms with Crippen LogP contribution in [-0.4, -0.2) is 39.4 Å². The Kier molecular flexibility index (Phi) is 6.66. The average Bonchev–Trinajstić information content (AvgIpc) is 2.74. The lowest BCUT2D eigenvalue weighted by Crippen LogP contribution is -2.52. The molecule has 0 spiro atoms. The molecule has 0 unspecified atom stereocenters. The number of benzene rings is 1. The van der Waals surface area contributed by atoms with E-state index in [0.717, 1.165) is 23.1 Å². The van der Waals surface area contributed by atoms with Gasteiger partial charge in [0.1, 0.15) is 5.60 Å². The molecule has 2 heterocycles. The van der Waals surface area contributed by atoms with Crippen LogP contribution in [0.25, 0.3) is 11.1 Å². The second-order valence-corrected chi connectivity index (χ2v) is 8.52. The van der Waals surface area contributed by atoms with Crippen molar-refractivity contribution < 1.29 is 14.6 Å². The van der Waals surface area contributed by atoms with Crippen LogP contribution >= 0.6 is 0 Å². The van der Waals surface area contributed by atoms with Crippen LogP contribution in [0.15, 0.2) is 47.4 Å². The molecule has 0 saturated carbocycles. The van der Waals surface area contributed by atoms with E-state index in [2.05, 4.69) is 13.8 Å². The standard InChI is InChI=1S/C24H32N2O4/c1-17(2)24(11-5-15-27)12-14-26(23(29)30-24)18(3)19-6-8-20(9-7-19)21-10-13-25(4)22(28)16-21/h6-10,13,16-18,27H,5,11-12,14-15H2,1-4H3/t18-,24-/m0/s1. The first-order chi connectivity index (χ1) is 14.3. The van der Waals surface area contributed by atoms with Gasteiger partial charge in [-0.3, -0.25) is 4.79 Å². The highest BCUT2D eigenvalue weighted by Crippen LogP contribution is 2.38. The summed E-state index contributed by atoms with van der Waals surface area (Å²) in [4.78, 5) is 26.5. The van der Waals surface area contributed by atoms with E-state index >= 15 is 0 Å². The SMILES string of the molecule is CC(C)[C@]1(CCCO)CCN([C@@H](C)c2ccc(-c3ccn(C)c(=O)c3)cc2)C(=O)O1. The van der Waals surface area contributed by atoms with Crippen molar-refractivity contribution in [2.24, 2.45) is 13.0 Å². The molecule has 0 radical (unpaired) electrons. The van der Waals surface area contributed by atoms with Crippen LogP contribution in [0.4, 0.5) is 4.79 Å². The zero-order valence-corrected chi connectivity index (χ0v) is 18.3. The second kappa shape index (κ2) is 9.04. The van der Waals surface area contributed by atoms with Crippen molar-refractivity contribution in [2.75, 3.05) is 13.2 Å². The molecule has 0 aliphatic carbocycles. The highest BCUT2D eigenvalue weighted by Gasteiger charge is 2.43. The zero-order chi connectivity index (χ0) is 21.9. The van der Waals surface area contributed by atoms with Crippen molar-refractivity contribution in [3.8, 4) is 11.1 Å². The summed E-state index contributed by atoms with van der Waals surface area (Å²) in [5.74, 6) is 0.198. The molecule has 0 bridgehead atoms. The third-order valence-corrected chi connectivity index (χ3v) is 6.41. The van der Waals surface area contributed by atoms with Gasteiger partial charge in [-0.2, -0.15) is 0 Å². The molecule has 1 aromatic heterocycles. The molecule has 1 N–H and O–H groups in total. The molecule has 162 valence electrons. The number of rotatable bonds is 7. The smallest absolute Gasteiger partial charge is 0.410 e. The minimum absolute atomic E-state index is 0.0455. The summed E-state index contributed by atoms with van der Waals surface area (Å²) in [5.41, 5.74) is 2.31. The molecular weight excluding hydrogens is 380 g/mol. The van der Waals surface area contributed by atoms with Crippen molar-refractivity contribution in [3.05, 3.63) is 58.5 Å². The van der Waals surface area contributed by atoms with E-state index < -0.39 is 5.60 Å². The van der Waals surface area contributed by atoms with E-state index in [1.807, 2.05) is 37.3 Å². The Morgan fingerprint density at radius 1 is 1.10 bits per heavy atom. The molecule has 6 nitrogen and oxygen atoms in total. The molecular formula is C24H32N2O4. The van der Waals surface area contributed by atoms with Gasteiger partial charge in [-0.15, -0.1) is 0 Å². The number of carbonyl (C=O) groups excluding carboxylic acids is 1. The van der Waals surface area contributed by atoms with E-state index in [1.165, 1.54) is 0 Å². The fraction of sp³-hybridized carbons (Fsp3) is 0.500. The number of cyclic esters (lactones) is 1. The van der Waals surface area contributed by atoms with Crippen LogP contribution in [0, 0.1) is 5.92 Å². The number of hydrogen-bond acceptors (Lipinski definition) is 4. The summed E-state index contributed by atoms with van der Waals surface area (Å²) in [7, 11) is 1.73. The molecule has 2 aromatic rings. The summed E-state index contributed by atoms with van der Waals surface area (Å²) in [5, 5.41) is 9.21. The average molecular weight is 413 g/mol. The number of aliphatic hydroxyl groups excluding tert-OH is 1. The largest absolute Gasteiger partial charge is 0.442 e. The monoisotopic (exact) mass is 412 g/mol. The summed E-state index contributed by atoms with van der Waals surface area (Å²) < 4.78 is 7.49. The lowest BCUT2D eigenvalue weighted by molar-refractivity contribution is -0.0894. The van der Waals surface area contributed by atoms with Gasteiger partial charge >= 0.3 is 6.09 Å². The maximum Gasteiger partial charge on any atom is 0.410 e. The molecule has 1 aromatic carbocycles. The Hall–Kier alpha value is -2.60. The second-order valence-electron chi connectivity index (χ2n) is 8.52. The Labute approximate surface area is 178 Å². The molecule has 2 atom stereocenters. The Bertz CT molecular complexity index is 935. The van der Waals surface area contributed by atoms with E-state index in [1.54, 1.807) is 28.8 Å². The van der Waals surface area contributed by atoms with Crippen LogP contribution in [-0.2, 0) is 11.8 Å². The van der Waals surface area contributed by atoms with Crippen molar-refractivity contribution in [2.45, 2.75) is 51.7 Å². The Balaban J connectivity index is 1.74. The normalized spacial score (nSPS) is 20.3. The van der Waals surface area contributed by atoms with Crippen molar-refractivity contribution >= 4 is 6.09 Å². The number of ether oxygens (including phenoxy) is 1. The van der Waals surface area contributed by atoms with Crippen LogP contribution in [0.2, 0.25) is 0 Å². The lowest BCUT2D eigenvalue weighted by atomic mass is 9.81. The van der Waals surface area contributed by atoms with E-state index in [0.29, 0.717) is 19.4 Å². The fourth-order valence-electron chi connectivity index (χ4n) is 4.15. The molecule has 1 aliphatic rings. The van der Waals surface area contributed by atoms with Gasteiger partial charge in [-0.25, -0.2) is 4.79 Å². The summed E-state index contributed by atoms with van der Waals surface area (Å²) in [6.45, 7) is 6.87. The number of nitrogens with zero attached hydrogens (tertiary/aromatic N) is 2. The van der Waals surface area contributed by atoms with Gasteiger partial charge in [-0.05, 0) is 48.4 Å². The minimum atomic E-state index is -0.501. The van der Waals surface area contributed by atoms with E-state index in [4.69, 9.17) is 4.74 Å². The van der Waals surface area contributed by atoms with Crippen molar-refractivity contribution in [1.82, 2.24) is 9.47 Å². The third kappa shape index (κ3) is 4.43. The van der Waals surface area contributed by atoms with Gasteiger partial charge in [0.2, 0.25) is 0 Å². The highest BCUT2D eigenvalue weighted by molar-refractivity contribution is 5.70. The lowest BCUT2D eigenvalue weighted by Gasteiger charge is -2.45. The maximum atomic E-state index is 12.9. The number of pyridine rings is 1. The minimum Gasteiger partial charge on any atom is -0.442 e. The van der Waals surface area contributed by atoms with E-state index in [-0.39, 0.29) is 30.2 Å². The predicted octanol–water partition coefficient (Wildman–Crippen LogP) is 4.12. The van der Waals surface area contributed by atoms with Gasteiger partial charge < -0.3 is 19.3 Å². The maximum absolute atomic E-state index is 12.9. The number of aliphatic hydroxyl groups is 1. The molecule has 30 heavy (non-hydrogen) atoms. The molecule has 6 heteroatoms. The van der Waals surface area contributed by atoms with Gasteiger partial charge in [0.15, 0.2) is 0 Å². The van der Waals surface area contributed by atoms with Gasteiger partial charge in [-0.1, -0.05) is 38.1 Å². The molecule has 1 aliphatic heterocycles. The Morgan fingerprint density at radius 3 is 2.37 bits per heavy atom. The van der Waals surface area contributed by atoms with Crippen LogP contribution in [0.3, 0.4) is 0 Å². The fourth-order valence-corrected chi connectivity index (χ4v) is 4.15. The van der Waals surface area contributed by atoms with Gasteiger partial charge in [0, 0.05) is 38.9 Å². The first-order valence-corrected chi connectivity index (χ1v) is 10.6. The summed E-state index contributed by atoms with van der Waals surface area (Å²) in [6.07, 6.45) is 3.53. The highest BCUT2D eigenvalue weighted by atomic mass is 16.6. The van der Waals surface area contributed by atoms with Crippen LogP contribution in [0.5, 0.6) is 0 Å². The van der Waals surface area contributed by atoms with Gasteiger partial charge in [0.05, 0.1) is 6.04 Å². The number of carbonyl (C=O) groups is 1. The number of aryl methyl sites for hydroxylation is 1. The van der Waals surface area contributed by atoms with Crippen molar-refractivity contribution in [3.63, 3.8) is 0 Å². The molecule has 3 rings (SSSR count).